The van der Waals surface area contributed by atoms with Gasteiger partial charge in [0.1, 0.15) is 11.4 Å². The van der Waals surface area contributed by atoms with Crippen molar-refractivity contribution in [3.63, 3.8) is 0 Å². The van der Waals surface area contributed by atoms with Gasteiger partial charge in [-0.25, -0.2) is 0 Å². The van der Waals surface area contributed by atoms with Crippen molar-refractivity contribution in [1.82, 2.24) is 9.78 Å². The first-order valence-electron chi connectivity index (χ1n) is 10.1. The number of rotatable bonds is 5. The quantitative estimate of drug-likeness (QED) is 0.470. The highest BCUT2D eigenvalue weighted by molar-refractivity contribution is 7.13. The molecule has 0 radical (unpaired) electrons. The minimum absolute atomic E-state index is 0.219. The van der Waals surface area contributed by atoms with Crippen LogP contribution in [0.2, 0.25) is 0 Å². The number of nitrogens with zero attached hydrogens (tertiary/aromatic N) is 2. The monoisotopic (exact) mass is 444 g/mol. The van der Waals surface area contributed by atoms with Crippen LogP contribution >= 0.6 is 11.3 Å². The van der Waals surface area contributed by atoms with Gasteiger partial charge >= 0.3 is 0 Å². The summed E-state index contributed by atoms with van der Waals surface area (Å²) >= 11 is 1.53. The molecule has 0 saturated carbocycles. The van der Waals surface area contributed by atoms with Crippen LogP contribution in [0.1, 0.15) is 22.8 Å². The van der Waals surface area contributed by atoms with Crippen LogP contribution in [0.4, 0.5) is 11.4 Å². The predicted octanol–water partition coefficient (Wildman–Crippen LogP) is 4.63. The highest BCUT2D eigenvalue weighted by Crippen LogP contribution is 2.33. The van der Waals surface area contributed by atoms with Crippen molar-refractivity contribution in [3.05, 3.63) is 83.4 Å². The molecule has 8 heteroatoms. The fourth-order valence-corrected chi connectivity index (χ4v) is 4.24. The maximum Gasteiger partial charge on any atom is 0.265 e. The van der Waals surface area contributed by atoms with Crippen LogP contribution in [0.5, 0.6) is 5.75 Å². The molecule has 1 aliphatic heterocycles. The number of thiophene rings is 1. The normalized spacial score (nSPS) is 14.9. The molecule has 0 spiro atoms. The summed E-state index contributed by atoms with van der Waals surface area (Å²) in [5.74, 6) is 0.0808. The van der Waals surface area contributed by atoms with E-state index in [2.05, 4.69) is 15.7 Å². The van der Waals surface area contributed by atoms with E-state index in [1.165, 1.54) is 11.3 Å². The number of benzene rings is 2. The second kappa shape index (κ2) is 8.32. The SMILES string of the molecule is C[C@@H]1Oc2ccc(NC(=O)c3cn(Cc4ccccc4)nc3-c3cccs3)cc2NC1=O. The number of nitrogens with one attached hydrogen (secondary N) is 2. The maximum atomic E-state index is 13.2. The van der Waals surface area contributed by atoms with Crippen molar-refractivity contribution in [3.8, 4) is 16.3 Å². The topological polar surface area (TPSA) is 85.2 Å². The Balaban J connectivity index is 1.43. The zero-order valence-electron chi connectivity index (χ0n) is 17.2. The van der Waals surface area contributed by atoms with Crippen molar-refractivity contribution in [2.75, 3.05) is 10.6 Å². The van der Waals surface area contributed by atoms with E-state index >= 15 is 0 Å². The van der Waals surface area contributed by atoms with Gasteiger partial charge in [0.25, 0.3) is 11.8 Å². The first-order valence-corrected chi connectivity index (χ1v) is 11.0. The highest BCUT2D eigenvalue weighted by atomic mass is 32.1. The summed E-state index contributed by atoms with van der Waals surface area (Å²) < 4.78 is 7.36. The number of aromatic nitrogens is 2. The Morgan fingerprint density at radius 1 is 1.19 bits per heavy atom. The number of hydrogen-bond donors (Lipinski definition) is 2. The molecule has 160 valence electrons. The Hall–Kier alpha value is -3.91. The van der Waals surface area contributed by atoms with E-state index in [1.54, 1.807) is 36.0 Å². The first-order chi connectivity index (χ1) is 15.6. The molecule has 1 aliphatic rings. The Morgan fingerprint density at radius 3 is 2.81 bits per heavy atom. The third kappa shape index (κ3) is 4.00. The fraction of sp³-hybridized carbons (Fsp3) is 0.125. The van der Waals surface area contributed by atoms with E-state index < -0.39 is 6.10 Å². The van der Waals surface area contributed by atoms with Crippen LogP contribution in [0.3, 0.4) is 0 Å². The summed E-state index contributed by atoms with van der Waals surface area (Å²) in [5, 5.41) is 12.4. The number of anilines is 2. The average Bonchev–Trinajstić information content (AvgIpc) is 3.45. The summed E-state index contributed by atoms with van der Waals surface area (Å²) in [6, 6.07) is 19.0. The second-order valence-electron chi connectivity index (χ2n) is 7.47. The van der Waals surface area contributed by atoms with E-state index in [0.717, 1.165) is 10.4 Å². The molecule has 2 aromatic carbocycles. The van der Waals surface area contributed by atoms with E-state index in [4.69, 9.17) is 4.74 Å². The van der Waals surface area contributed by atoms with Gasteiger partial charge in [0.2, 0.25) is 0 Å². The largest absolute Gasteiger partial charge is 0.479 e. The van der Waals surface area contributed by atoms with Crippen molar-refractivity contribution in [2.45, 2.75) is 19.6 Å². The second-order valence-corrected chi connectivity index (χ2v) is 8.41. The molecule has 2 amide bonds. The number of carbonyl (C=O) groups excluding carboxylic acids is 2. The third-order valence-electron chi connectivity index (χ3n) is 5.12. The van der Waals surface area contributed by atoms with E-state index in [9.17, 15) is 9.59 Å². The minimum atomic E-state index is -0.549. The average molecular weight is 445 g/mol. The van der Waals surface area contributed by atoms with Gasteiger partial charge in [0.15, 0.2) is 6.10 Å². The number of carbonyl (C=O) groups is 2. The predicted molar refractivity (Wildman–Crippen MR) is 124 cm³/mol. The maximum absolute atomic E-state index is 13.2. The molecule has 5 rings (SSSR count). The number of ether oxygens (including phenoxy) is 1. The van der Waals surface area contributed by atoms with Crippen molar-refractivity contribution in [1.29, 1.82) is 0 Å². The smallest absolute Gasteiger partial charge is 0.265 e. The van der Waals surface area contributed by atoms with Crippen LogP contribution in [-0.4, -0.2) is 27.7 Å². The van der Waals surface area contributed by atoms with Crippen molar-refractivity contribution >= 4 is 34.5 Å². The number of hydrogen-bond acceptors (Lipinski definition) is 5. The van der Waals surface area contributed by atoms with Crippen molar-refractivity contribution in [2.24, 2.45) is 0 Å². The first kappa shape index (κ1) is 20.0. The van der Waals surface area contributed by atoms with Gasteiger partial charge in [-0.2, -0.15) is 5.10 Å². The Bertz CT molecular complexity index is 1280. The van der Waals surface area contributed by atoms with Gasteiger partial charge in [0.05, 0.1) is 22.7 Å². The van der Waals surface area contributed by atoms with Gasteiger partial charge in [-0.3, -0.25) is 14.3 Å². The lowest BCUT2D eigenvalue weighted by Crippen LogP contribution is -2.34. The minimum Gasteiger partial charge on any atom is -0.479 e. The lowest BCUT2D eigenvalue weighted by Gasteiger charge is -2.23. The molecule has 1 atom stereocenters. The lowest BCUT2D eigenvalue weighted by atomic mass is 10.1. The number of fused-ring (bicyclic) bond motifs is 1. The van der Waals surface area contributed by atoms with Gasteiger partial charge in [-0.1, -0.05) is 36.4 Å². The summed E-state index contributed by atoms with van der Waals surface area (Å²) in [5.41, 5.74) is 3.30. The summed E-state index contributed by atoms with van der Waals surface area (Å²) in [6.07, 6.45) is 1.22. The zero-order chi connectivity index (χ0) is 22.1. The molecule has 4 aromatic rings. The lowest BCUT2D eigenvalue weighted by molar-refractivity contribution is -0.122. The van der Waals surface area contributed by atoms with Crippen molar-refractivity contribution < 1.29 is 14.3 Å². The van der Waals surface area contributed by atoms with Gasteiger partial charge in [-0.05, 0) is 42.1 Å². The molecule has 0 unspecified atom stereocenters. The Morgan fingerprint density at radius 2 is 2.03 bits per heavy atom. The molecule has 0 fully saturated rings. The summed E-state index contributed by atoms with van der Waals surface area (Å²) in [4.78, 5) is 26.0. The van der Waals surface area contributed by atoms with E-state index in [0.29, 0.717) is 34.9 Å². The highest BCUT2D eigenvalue weighted by Gasteiger charge is 2.24. The number of amides is 2. The molecule has 0 saturated heterocycles. The van der Waals surface area contributed by atoms with Gasteiger partial charge in [0, 0.05) is 11.9 Å². The van der Waals surface area contributed by atoms with Crippen LogP contribution in [0, 0.1) is 0 Å². The van der Waals surface area contributed by atoms with E-state index in [1.807, 2.05) is 47.8 Å². The molecule has 0 aliphatic carbocycles. The molecule has 0 bridgehead atoms. The van der Waals surface area contributed by atoms with Crippen LogP contribution < -0.4 is 15.4 Å². The van der Waals surface area contributed by atoms with Crippen LogP contribution in [0.25, 0.3) is 10.6 Å². The standard InChI is InChI=1S/C24H20N4O3S/c1-15-23(29)26-19-12-17(9-10-20(19)31-15)25-24(30)18-14-28(13-16-6-3-2-4-7-16)27-22(18)21-8-5-11-32-21/h2-12,14-15H,13H2,1H3,(H,25,30)(H,26,29)/t15-/m0/s1. The zero-order valence-corrected chi connectivity index (χ0v) is 18.1. The molecule has 2 N–H and O–H groups in total. The van der Waals surface area contributed by atoms with Crippen LogP contribution in [0.15, 0.2) is 72.2 Å². The molecule has 3 heterocycles. The Kier molecular flexibility index (Phi) is 5.20. The van der Waals surface area contributed by atoms with E-state index in [-0.39, 0.29) is 11.8 Å². The molecular weight excluding hydrogens is 424 g/mol. The van der Waals surface area contributed by atoms with Gasteiger partial charge < -0.3 is 15.4 Å². The molecular formula is C24H20N4O3S. The Labute approximate surface area is 188 Å². The summed E-state index contributed by atoms with van der Waals surface area (Å²) in [7, 11) is 0. The molecule has 32 heavy (non-hydrogen) atoms. The fourth-order valence-electron chi connectivity index (χ4n) is 3.52. The summed E-state index contributed by atoms with van der Waals surface area (Å²) in [6.45, 7) is 2.25. The molecule has 7 nitrogen and oxygen atoms in total. The molecule has 2 aromatic heterocycles. The van der Waals surface area contributed by atoms with Gasteiger partial charge in [-0.15, -0.1) is 11.3 Å². The third-order valence-corrected chi connectivity index (χ3v) is 5.99. The van der Waals surface area contributed by atoms with Crippen LogP contribution in [-0.2, 0) is 11.3 Å².